The molecule has 4 N–H and O–H groups in total. The SMILES string of the molecule is NCCC1(CN2CCC(CC(N)=O)CC2)CC1. The Balaban J connectivity index is 1.70. The molecular weight excluding hydrogens is 214 g/mol. The van der Waals surface area contributed by atoms with E-state index in [2.05, 4.69) is 4.90 Å². The van der Waals surface area contributed by atoms with Crippen LogP contribution in [-0.4, -0.2) is 37.0 Å². The van der Waals surface area contributed by atoms with E-state index in [9.17, 15) is 4.79 Å². The zero-order chi connectivity index (χ0) is 12.3. The zero-order valence-electron chi connectivity index (χ0n) is 10.7. The van der Waals surface area contributed by atoms with Crippen molar-refractivity contribution in [1.29, 1.82) is 0 Å². The van der Waals surface area contributed by atoms with Gasteiger partial charge in [-0.05, 0) is 63.1 Å². The van der Waals surface area contributed by atoms with Crippen molar-refractivity contribution in [3.63, 3.8) is 0 Å². The van der Waals surface area contributed by atoms with Crippen LogP contribution in [0.25, 0.3) is 0 Å². The fourth-order valence-corrected chi connectivity index (χ4v) is 3.08. The molecule has 1 saturated carbocycles. The van der Waals surface area contributed by atoms with Crippen molar-refractivity contribution in [1.82, 2.24) is 4.90 Å². The summed E-state index contributed by atoms with van der Waals surface area (Å²) in [4.78, 5) is 13.4. The first-order valence-corrected chi connectivity index (χ1v) is 6.84. The third-order valence-corrected chi connectivity index (χ3v) is 4.39. The molecule has 0 aromatic rings. The number of hydrogen-bond acceptors (Lipinski definition) is 3. The Morgan fingerprint density at radius 3 is 2.41 bits per heavy atom. The van der Waals surface area contributed by atoms with Gasteiger partial charge < -0.3 is 16.4 Å². The van der Waals surface area contributed by atoms with Gasteiger partial charge in [0.1, 0.15) is 0 Å². The molecule has 2 rings (SSSR count). The number of nitrogens with zero attached hydrogens (tertiary/aromatic N) is 1. The van der Waals surface area contributed by atoms with Crippen molar-refractivity contribution in [3.8, 4) is 0 Å². The fraction of sp³-hybridized carbons (Fsp3) is 0.923. The number of amides is 1. The van der Waals surface area contributed by atoms with E-state index in [1.807, 2.05) is 0 Å². The Hall–Kier alpha value is -0.610. The summed E-state index contributed by atoms with van der Waals surface area (Å²) in [5, 5.41) is 0. The molecule has 4 nitrogen and oxygen atoms in total. The van der Waals surface area contributed by atoms with Gasteiger partial charge in [-0.3, -0.25) is 4.79 Å². The van der Waals surface area contributed by atoms with E-state index in [1.165, 1.54) is 25.8 Å². The van der Waals surface area contributed by atoms with Crippen LogP contribution in [0.3, 0.4) is 0 Å². The van der Waals surface area contributed by atoms with Crippen LogP contribution in [0.1, 0.15) is 38.5 Å². The third-order valence-electron chi connectivity index (χ3n) is 4.39. The number of piperidine rings is 1. The first-order valence-electron chi connectivity index (χ1n) is 6.84. The summed E-state index contributed by atoms with van der Waals surface area (Å²) < 4.78 is 0. The maximum atomic E-state index is 10.9. The van der Waals surface area contributed by atoms with Crippen LogP contribution in [-0.2, 0) is 4.79 Å². The van der Waals surface area contributed by atoms with Crippen LogP contribution in [0.2, 0.25) is 0 Å². The first-order chi connectivity index (χ1) is 8.13. The molecule has 0 bridgehead atoms. The highest BCUT2D eigenvalue weighted by Gasteiger charge is 2.43. The van der Waals surface area contributed by atoms with E-state index in [1.54, 1.807) is 0 Å². The summed E-state index contributed by atoms with van der Waals surface area (Å²) in [6, 6.07) is 0. The normalized spacial score (nSPS) is 24.8. The molecule has 0 atom stereocenters. The maximum Gasteiger partial charge on any atom is 0.217 e. The van der Waals surface area contributed by atoms with Crippen molar-refractivity contribution < 1.29 is 4.79 Å². The molecule has 0 aromatic heterocycles. The average Bonchev–Trinajstić information content (AvgIpc) is 3.01. The van der Waals surface area contributed by atoms with E-state index in [0.717, 1.165) is 32.5 Å². The molecule has 1 aliphatic heterocycles. The summed E-state index contributed by atoms with van der Waals surface area (Å²) in [6.07, 6.45) is 6.70. The quantitative estimate of drug-likeness (QED) is 0.717. The lowest BCUT2D eigenvalue weighted by Gasteiger charge is -2.34. The number of carbonyl (C=O) groups excluding carboxylic acids is 1. The van der Waals surface area contributed by atoms with Gasteiger partial charge in [0.2, 0.25) is 5.91 Å². The van der Waals surface area contributed by atoms with Crippen LogP contribution < -0.4 is 11.5 Å². The van der Waals surface area contributed by atoms with Crippen LogP contribution >= 0.6 is 0 Å². The topological polar surface area (TPSA) is 72.3 Å². The Morgan fingerprint density at radius 2 is 1.94 bits per heavy atom. The first kappa shape index (κ1) is 12.8. The average molecular weight is 239 g/mol. The molecule has 1 aliphatic carbocycles. The third kappa shape index (κ3) is 3.68. The van der Waals surface area contributed by atoms with Crippen LogP contribution in [0.4, 0.5) is 0 Å². The second-order valence-electron chi connectivity index (χ2n) is 5.93. The monoisotopic (exact) mass is 239 g/mol. The van der Waals surface area contributed by atoms with E-state index >= 15 is 0 Å². The van der Waals surface area contributed by atoms with Crippen LogP contribution in [0.5, 0.6) is 0 Å². The highest BCUT2D eigenvalue weighted by molar-refractivity contribution is 5.73. The highest BCUT2D eigenvalue weighted by atomic mass is 16.1. The van der Waals surface area contributed by atoms with E-state index in [4.69, 9.17) is 11.5 Å². The Labute approximate surface area is 104 Å². The van der Waals surface area contributed by atoms with E-state index in [0.29, 0.717) is 17.8 Å². The minimum atomic E-state index is -0.148. The number of likely N-dealkylation sites (tertiary alicyclic amines) is 1. The fourth-order valence-electron chi connectivity index (χ4n) is 3.08. The van der Waals surface area contributed by atoms with Gasteiger partial charge in [0, 0.05) is 13.0 Å². The van der Waals surface area contributed by atoms with Crippen molar-refractivity contribution in [3.05, 3.63) is 0 Å². The van der Waals surface area contributed by atoms with Crippen molar-refractivity contribution in [2.45, 2.75) is 38.5 Å². The van der Waals surface area contributed by atoms with Gasteiger partial charge in [0.15, 0.2) is 0 Å². The van der Waals surface area contributed by atoms with Crippen LogP contribution in [0, 0.1) is 11.3 Å². The van der Waals surface area contributed by atoms with Gasteiger partial charge >= 0.3 is 0 Å². The van der Waals surface area contributed by atoms with Gasteiger partial charge in [0.25, 0.3) is 0 Å². The predicted octanol–water partition coefficient (Wildman–Crippen LogP) is 0.703. The van der Waals surface area contributed by atoms with Gasteiger partial charge in [-0.2, -0.15) is 0 Å². The molecular formula is C13H25N3O. The Kier molecular flexibility index (Phi) is 4.05. The van der Waals surface area contributed by atoms with Crippen molar-refractivity contribution in [2.24, 2.45) is 22.8 Å². The van der Waals surface area contributed by atoms with Gasteiger partial charge in [-0.15, -0.1) is 0 Å². The number of carbonyl (C=O) groups is 1. The van der Waals surface area contributed by atoms with E-state index < -0.39 is 0 Å². The summed E-state index contributed by atoms with van der Waals surface area (Å²) in [5.74, 6) is 0.374. The molecule has 1 heterocycles. The summed E-state index contributed by atoms with van der Waals surface area (Å²) in [5.41, 5.74) is 11.5. The number of rotatable bonds is 6. The zero-order valence-corrected chi connectivity index (χ0v) is 10.7. The van der Waals surface area contributed by atoms with Crippen LogP contribution in [0.15, 0.2) is 0 Å². The molecule has 0 radical (unpaired) electrons. The molecule has 98 valence electrons. The predicted molar refractivity (Wildman–Crippen MR) is 68.3 cm³/mol. The summed E-state index contributed by atoms with van der Waals surface area (Å²) in [6.45, 7) is 4.29. The lowest BCUT2D eigenvalue weighted by atomic mass is 9.92. The second kappa shape index (κ2) is 5.36. The smallest absolute Gasteiger partial charge is 0.217 e. The molecule has 0 unspecified atom stereocenters. The molecule has 2 fully saturated rings. The highest BCUT2D eigenvalue weighted by Crippen LogP contribution is 2.49. The maximum absolute atomic E-state index is 10.9. The van der Waals surface area contributed by atoms with Crippen molar-refractivity contribution in [2.75, 3.05) is 26.2 Å². The molecule has 17 heavy (non-hydrogen) atoms. The number of hydrogen-bond donors (Lipinski definition) is 2. The van der Waals surface area contributed by atoms with Crippen molar-refractivity contribution >= 4 is 5.91 Å². The standard InChI is InChI=1S/C13H25N3O/c14-6-5-13(3-4-13)10-16-7-1-11(2-8-16)9-12(15)17/h11H,1-10,14H2,(H2,15,17). The van der Waals surface area contributed by atoms with E-state index in [-0.39, 0.29) is 5.91 Å². The molecule has 0 aromatic carbocycles. The molecule has 1 amide bonds. The van der Waals surface area contributed by atoms with Gasteiger partial charge in [-0.1, -0.05) is 0 Å². The lowest BCUT2D eigenvalue weighted by Crippen LogP contribution is -2.39. The summed E-state index contributed by atoms with van der Waals surface area (Å²) in [7, 11) is 0. The molecule has 0 spiro atoms. The Bertz CT molecular complexity index is 268. The number of primary amides is 1. The molecule has 2 aliphatic rings. The second-order valence-corrected chi connectivity index (χ2v) is 5.93. The Morgan fingerprint density at radius 1 is 1.29 bits per heavy atom. The summed E-state index contributed by atoms with van der Waals surface area (Å²) >= 11 is 0. The van der Waals surface area contributed by atoms with Gasteiger partial charge in [-0.25, -0.2) is 0 Å². The molecule has 4 heteroatoms. The lowest BCUT2D eigenvalue weighted by molar-refractivity contribution is -0.119. The number of nitrogens with two attached hydrogens (primary N) is 2. The largest absolute Gasteiger partial charge is 0.370 e. The minimum absolute atomic E-state index is 0.148. The molecule has 1 saturated heterocycles. The van der Waals surface area contributed by atoms with Gasteiger partial charge in [0.05, 0.1) is 0 Å². The minimum Gasteiger partial charge on any atom is -0.370 e.